The molecule has 0 saturated carbocycles. The molecule has 1 amide bonds. The minimum Gasteiger partial charge on any atom is -0.379 e. The zero-order valence-electron chi connectivity index (χ0n) is 16.7. The summed E-state index contributed by atoms with van der Waals surface area (Å²) in [4.78, 5) is 15.8. The normalized spacial score (nSPS) is 20.7. The van der Waals surface area contributed by atoms with E-state index in [9.17, 15) is 4.79 Å². The van der Waals surface area contributed by atoms with Gasteiger partial charge in [-0.1, -0.05) is 54.6 Å². The molecule has 0 aromatic heterocycles. The summed E-state index contributed by atoms with van der Waals surface area (Å²) in [5.41, 5.74) is 3.38. The first kappa shape index (κ1) is 19.2. The lowest BCUT2D eigenvalue weighted by Gasteiger charge is -2.39. The van der Waals surface area contributed by atoms with Crippen LogP contribution in [-0.2, 0) is 28.8 Å². The third kappa shape index (κ3) is 3.98. The van der Waals surface area contributed by atoms with E-state index < -0.39 is 5.54 Å². The fourth-order valence-corrected chi connectivity index (χ4v) is 4.53. The van der Waals surface area contributed by atoms with E-state index in [1.807, 2.05) is 6.07 Å². The minimum absolute atomic E-state index is 0.129. The van der Waals surface area contributed by atoms with E-state index in [4.69, 9.17) is 4.74 Å². The highest BCUT2D eigenvalue weighted by molar-refractivity contribution is 5.88. The first-order valence-corrected chi connectivity index (χ1v) is 10.4. The molecule has 0 radical (unpaired) electrons. The summed E-state index contributed by atoms with van der Waals surface area (Å²) in [5, 5.41) is 3.31. The first-order valence-electron chi connectivity index (χ1n) is 10.4. The van der Waals surface area contributed by atoms with E-state index in [1.165, 1.54) is 16.7 Å². The van der Waals surface area contributed by atoms with Gasteiger partial charge in [0, 0.05) is 26.0 Å². The van der Waals surface area contributed by atoms with Crippen molar-refractivity contribution in [3.63, 3.8) is 0 Å². The molecule has 1 fully saturated rings. The lowest BCUT2D eigenvalue weighted by molar-refractivity contribution is -0.134. The predicted octanol–water partition coefficient (Wildman–Crippen LogP) is 2.99. The van der Waals surface area contributed by atoms with Gasteiger partial charge in [-0.25, -0.2) is 0 Å². The number of amides is 1. The lowest BCUT2D eigenvalue weighted by Crippen LogP contribution is -2.61. The number of rotatable bonds is 6. The van der Waals surface area contributed by atoms with Gasteiger partial charge in [-0.15, -0.1) is 0 Å². The van der Waals surface area contributed by atoms with Gasteiger partial charge >= 0.3 is 0 Å². The molecule has 1 N–H and O–H groups in total. The number of hydrogen-bond acceptors (Lipinski definition) is 3. The molecule has 1 saturated heterocycles. The Bertz CT molecular complexity index is 774. The van der Waals surface area contributed by atoms with Crippen molar-refractivity contribution in [1.82, 2.24) is 10.2 Å². The van der Waals surface area contributed by atoms with Crippen LogP contribution < -0.4 is 5.32 Å². The van der Waals surface area contributed by atoms with Gasteiger partial charge in [-0.05, 0) is 43.0 Å². The molecule has 0 spiro atoms. The quantitative estimate of drug-likeness (QED) is 0.840. The standard InChI is InChI=1S/C24H30N2O2/c1-26(14-13-19-8-3-2-4-9-19)24(16-20-10-5-6-11-21(20)17-24)23(27)25-22-12-7-15-28-18-22/h2-6,8-11,22H,7,12-18H2,1H3,(H,25,27)/t22-/m1/s1. The highest BCUT2D eigenvalue weighted by atomic mass is 16.5. The Labute approximate surface area is 167 Å². The van der Waals surface area contributed by atoms with Crippen LogP contribution in [0.25, 0.3) is 0 Å². The summed E-state index contributed by atoms with van der Waals surface area (Å²) in [6.07, 6.45) is 4.50. The Morgan fingerprint density at radius 3 is 2.43 bits per heavy atom. The van der Waals surface area contributed by atoms with Gasteiger partial charge in [0.15, 0.2) is 0 Å². The van der Waals surface area contributed by atoms with Crippen LogP contribution in [0.2, 0.25) is 0 Å². The van der Waals surface area contributed by atoms with Crippen LogP contribution in [-0.4, -0.2) is 49.2 Å². The zero-order valence-corrected chi connectivity index (χ0v) is 16.7. The highest BCUT2D eigenvalue weighted by Gasteiger charge is 2.47. The van der Waals surface area contributed by atoms with Crippen molar-refractivity contribution in [2.45, 2.75) is 43.7 Å². The summed E-state index contributed by atoms with van der Waals surface area (Å²) in [6, 6.07) is 19.1. The van der Waals surface area contributed by atoms with Crippen LogP contribution in [0.5, 0.6) is 0 Å². The Morgan fingerprint density at radius 2 is 1.79 bits per heavy atom. The van der Waals surface area contributed by atoms with E-state index in [-0.39, 0.29) is 11.9 Å². The summed E-state index contributed by atoms with van der Waals surface area (Å²) in [5.74, 6) is 0.148. The van der Waals surface area contributed by atoms with Gasteiger partial charge in [0.2, 0.25) is 5.91 Å². The van der Waals surface area contributed by atoms with Gasteiger partial charge < -0.3 is 10.1 Å². The molecule has 2 aromatic carbocycles. The maximum Gasteiger partial charge on any atom is 0.241 e. The monoisotopic (exact) mass is 378 g/mol. The van der Waals surface area contributed by atoms with Crippen LogP contribution in [0.15, 0.2) is 54.6 Å². The van der Waals surface area contributed by atoms with Gasteiger partial charge in [-0.2, -0.15) is 0 Å². The summed E-state index contributed by atoms with van der Waals surface area (Å²) in [7, 11) is 2.10. The molecule has 148 valence electrons. The maximum absolute atomic E-state index is 13.5. The maximum atomic E-state index is 13.5. The van der Waals surface area contributed by atoms with Crippen LogP contribution >= 0.6 is 0 Å². The van der Waals surface area contributed by atoms with Crippen molar-refractivity contribution in [2.75, 3.05) is 26.8 Å². The Morgan fingerprint density at radius 1 is 1.11 bits per heavy atom. The van der Waals surface area contributed by atoms with Crippen molar-refractivity contribution < 1.29 is 9.53 Å². The molecule has 1 aliphatic carbocycles. The second kappa shape index (κ2) is 8.46. The molecule has 28 heavy (non-hydrogen) atoms. The summed E-state index contributed by atoms with van der Waals surface area (Å²) < 4.78 is 5.58. The van der Waals surface area contributed by atoms with Crippen LogP contribution in [0.4, 0.5) is 0 Å². The predicted molar refractivity (Wildman–Crippen MR) is 111 cm³/mol. The number of likely N-dealkylation sites (N-methyl/N-ethyl adjacent to an activating group) is 1. The van der Waals surface area contributed by atoms with E-state index in [0.717, 1.165) is 45.3 Å². The Hall–Kier alpha value is -2.17. The van der Waals surface area contributed by atoms with Crippen molar-refractivity contribution in [1.29, 1.82) is 0 Å². The molecule has 1 heterocycles. The fourth-order valence-electron chi connectivity index (χ4n) is 4.53. The average molecular weight is 379 g/mol. The molecule has 1 aliphatic heterocycles. The molecule has 4 rings (SSSR count). The molecule has 2 aromatic rings. The molecule has 4 heteroatoms. The van der Waals surface area contributed by atoms with Crippen LogP contribution in [0, 0.1) is 0 Å². The largest absolute Gasteiger partial charge is 0.379 e. The number of benzene rings is 2. The highest BCUT2D eigenvalue weighted by Crippen LogP contribution is 2.35. The number of ether oxygens (including phenoxy) is 1. The number of nitrogens with zero attached hydrogens (tertiary/aromatic N) is 1. The van der Waals surface area contributed by atoms with E-state index in [2.05, 4.69) is 65.8 Å². The molecule has 4 nitrogen and oxygen atoms in total. The second-order valence-corrected chi connectivity index (χ2v) is 8.20. The number of carbonyl (C=O) groups is 1. The van der Waals surface area contributed by atoms with Crippen molar-refractivity contribution in [3.05, 3.63) is 71.3 Å². The average Bonchev–Trinajstić information content (AvgIpc) is 3.14. The fraction of sp³-hybridized carbons (Fsp3) is 0.458. The summed E-state index contributed by atoms with van der Waals surface area (Å²) in [6.45, 7) is 2.29. The summed E-state index contributed by atoms with van der Waals surface area (Å²) >= 11 is 0. The number of fused-ring (bicyclic) bond motifs is 1. The Balaban J connectivity index is 1.52. The van der Waals surface area contributed by atoms with Gasteiger partial charge in [-0.3, -0.25) is 9.69 Å². The van der Waals surface area contributed by atoms with E-state index >= 15 is 0 Å². The third-order valence-electron chi connectivity index (χ3n) is 6.31. The topological polar surface area (TPSA) is 41.6 Å². The van der Waals surface area contributed by atoms with E-state index in [0.29, 0.717) is 6.61 Å². The van der Waals surface area contributed by atoms with E-state index in [1.54, 1.807) is 0 Å². The first-order chi connectivity index (χ1) is 13.7. The molecule has 0 bridgehead atoms. The van der Waals surface area contributed by atoms with Crippen LogP contribution in [0.1, 0.15) is 29.5 Å². The molecule has 1 atom stereocenters. The smallest absolute Gasteiger partial charge is 0.241 e. The number of carbonyl (C=O) groups excluding carboxylic acids is 1. The second-order valence-electron chi connectivity index (χ2n) is 8.20. The molecule has 0 unspecified atom stereocenters. The van der Waals surface area contributed by atoms with Crippen molar-refractivity contribution in [2.24, 2.45) is 0 Å². The number of nitrogens with one attached hydrogen (secondary N) is 1. The number of hydrogen-bond donors (Lipinski definition) is 1. The molecular weight excluding hydrogens is 348 g/mol. The van der Waals surface area contributed by atoms with Gasteiger partial charge in [0.25, 0.3) is 0 Å². The van der Waals surface area contributed by atoms with Crippen LogP contribution in [0.3, 0.4) is 0 Å². The lowest BCUT2D eigenvalue weighted by atomic mass is 9.91. The minimum atomic E-state index is -0.518. The SMILES string of the molecule is CN(CCc1ccccc1)C1(C(=O)N[C@@H]2CCCOC2)Cc2ccccc2C1. The molecular formula is C24H30N2O2. The van der Waals surface area contributed by atoms with Gasteiger partial charge in [0.1, 0.15) is 5.54 Å². The van der Waals surface area contributed by atoms with Gasteiger partial charge in [0.05, 0.1) is 12.6 Å². The van der Waals surface area contributed by atoms with Crippen molar-refractivity contribution >= 4 is 5.91 Å². The zero-order chi connectivity index (χ0) is 19.4. The third-order valence-corrected chi connectivity index (χ3v) is 6.31. The molecule has 2 aliphatic rings. The van der Waals surface area contributed by atoms with Crippen molar-refractivity contribution in [3.8, 4) is 0 Å². The Kier molecular flexibility index (Phi) is 5.79.